The van der Waals surface area contributed by atoms with Crippen molar-refractivity contribution in [3.05, 3.63) is 11.5 Å². The summed E-state index contributed by atoms with van der Waals surface area (Å²) in [4.78, 5) is 10.7. The van der Waals surface area contributed by atoms with E-state index < -0.39 is 27.9 Å². The highest BCUT2D eigenvalue weighted by Gasteiger charge is 2.26. The van der Waals surface area contributed by atoms with Crippen LogP contribution in [0.1, 0.15) is 0 Å². The molecule has 0 saturated carbocycles. The van der Waals surface area contributed by atoms with Gasteiger partial charge in [-0.05, 0) is 0 Å². The Morgan fingerprint density at radius 1 is 1.73 bits per heavy atom. The first-order chi connectivity index (χ1) is 6.94. The van der Waals surface area contributed by atoms with Gasteiger partial charge in [-0.1, -0.05) is 6.08 Å². The summed E-state index contributed by atoms with van der Waals surface area (Å²) < 4.78 is 26.8. The normalized spacial score (nSPS) is 25.3. The Balaban J connectivity index is 2.54. The van der Waals surface area contributed by atoms with Crippen LogP contribution >= 0.6 is 0 Å². The maximum atomic E-state index is 11.0. The molecule has 0 amide bonds. The van der Waals surface area contributed by atoms with E-state index in [0.29, 0.717) is 0 Å². The topological polar surface area (TPSA) is 92.7 Å². The summed E-state index contributed by atoms with van der Waals surface area (Å²) in [7, 11) is -1.77. The lowest BCUT2D eigenvalue weighted by Crippen LogP contribution is -2.46. The maximum Gasteiger partial charge on any atom is 0.323 e. The monoisotopic (exact) mass is 235 g/mol. The lowest BCUT2D eigenvalue weighted by Gasteiger charge is -2.16. The largest absolute Gasteiger partial charge is 0.480 e. The van der Waals surface area contributed by atoms with Gasteiger partial charge in [0.15, 0.2) is 9.84 Å². The predicted octanol–water partition coefficient (Wildman–Crippen LogP) is -1.01. The van der Waals surface area contributed by atoms with Crippen molar-refractivity contribution in [1.29, 1.82) is 0 Å². The van der Waals surface area contributed by atoms with Gasteiger partial charge in [-0.3, -0.25) is 10.1 Å². The fourth-order valence-corrected chi connectivity index (χ4v) is 2.54. The van der Waals surface area contributed by atoms with Gasteiger partial charge in [0.2, 0.25) is 0 Å². The van der Waals surface area contributed by atoms with Crippen molar-refractivity contribution in [3.8, 4) is 0 Å². The fourth-order valence-electron chi connectivity index (χ4n) is 1.30. The van der Waals surface area contributed by atoms with Crippen LogP contribution in [0.25, 0.3) is 0 Å². The van der Waals surface area contributed by atoms with Crippen molar-refractivity contribution in [2.45, 2.75) is 12.1 Å². The Morgan fingerprint density at radius 3 is 2.80 bits per heavy atom. The molecule has 0 radical (unpaired) electrons. The number of nitrogens with one attached hydrogen (secondary N) is 1. The van der Waals surface area contributed by atoms with Crippen molar-refractivity contribution in [2.75, 3.05) is 19.5 Å². The van der Waals surface area contributed by atoms with Gasteiger partial charge in [-0.25, -0.2) is 8.42 Å². The van der Waals surface area contributed by atoms with E-state index in [2.05, 4.69) is 5.32 Å². The summed E-state index contributed by atoms with van der Waals surface area (Å²) in [6, 6.07) is -1.34. The molecule has 7 heteroatoms. The van der Waals surface area contributed by atoms with Crippen molar-refractivity contribution in [1.82, 2.24) is 5.32 Å². The van der Waals surface area contributed by atoms with Gasteiger partial charge >= 0.3 is 5.97 Å². The van der Waals surface area contributed by atoms with Crippen molar-refractivity contribution >= 4 is 15.8 Å². The molecule has 1 aliphatic heterocycles. The van der Waals surface area contributed by atoms with Crippen LogP contribution in [0.5, 0.6) is 0 Å². The molecule has 1 aliphatic rings. The van der Waals surface area contributed by atoms with E-state index in [1.54, 1.807) is 0 Å². The number of aliphatic carboxylic acids is 1. The Bertz CT molecular complexity index is 361. The Hall–Kier alpha value is -0.920. The van der Waals surface area contributed by atoms with Gasteiger partial charge in [0.05, 0.1) is 12.4 Å². The van der Waals surface area contributed by atoms with E-state index in [1.165, 1.54) is 13.2 Å². The Morgan fingerprint density at radius 2 is 2.40 bits per heavy atom. The van der Waals surface area contributed by atoms with Crippen molar-refractivity contribution in [2.24, 2.45) is 0 Å². The average molecular weight is 235 g/mol. The summed E-state index contributed by atoms with van der Waals surface area (Å²) in [5.41, 5.74) is 0. The van der Waals surface area contributed by atoms with Crippen LogP contribution in [0.3, 0.4) is 0 Å². The molecule has 1 rings (SSSR count). The van der Waals surface area contributed by atoms with Crippen molar-refractivity contribution < 1.29 is 23.1 Å². The highest BCUT2D eigenvalue weighted by molar-refractivity contribution is 7.94. The van der Waals surface area contributed by atoms with E-state index in [1.807, 2.05) is 0 Å². The molecule has 0 bridgehead atoms. The maximum absolute atomic E-state index is 11.0. The van der Waals surface area contributed by atoms with E-state index >= 15 is 0 Å². The molecule has 86 valence electrons. The van der Waals surface area contributed by atoms with Crippen LogP contribution in [0.2, 0.25) is 0 Å². The molecule has 1 heterocycles. The highest BCUT2D eigenvalue weighted by atomic mass is 32.2. The summed E-state index contributed by atoms with van der Waals surface area (Å²) >= 11 is 0. The molecular weight excluding hydrogens is 222 g/mol. The quantitative estimate of drug-likeness (QED) is 0.634. The number of rotatable bonds is 5. The molecule has 15 heavy (non-hydrogen) atoms. The van der Waals surface area contributed by atoms with E-state index in [4.69, 9.17) is 9.84 Å². The molecular formula is C8H13NO5S. The average Bonchev–Trinajstić information content (AvgIpc) is 2.44. The van der Waals surface area contributed by atoms with Crippen LogP contribution in [0.15, 0.2) is 11.5 Å². The smallest absolute Gasteiger partial charge is 0.323 e. The third-order valence-electron chi connectivity index (χ3n) is 1.98. The molecule has 0 aromatic carbocycles. The SMILES string of the molecule is COCC(NC1C=CS(=O)(=O)C1)C(=O)O. The zero-order chi connectivity index (χ0) is 11.5. The van der Waals surface area contributed by atoms with Gasteiger partial charge in [-0.2, -0.15) is 0 Å². The number of hydrogen-bond donors (Lipinski definition) is 2. The minimum Gasteiger partial charge on any atom is -0.480 e. The molecule has 0 aliphatic carbocycles. The lowest BCUT2D eigenvalue weighted by molar-refractivity contribution is -0.141. The molecule has 2 N–H and O–H groups in total. The van der Waals surface area contributed by atoms with Crippen LogP contribution < -0.4 is 5.32 Å². The molecule has 0 aromatic rings. The second kappa shape index (κ2) is 4.73. The standard InChI is InChI=1S/C8H13NO5S/c1-14-4-7(8(10)11)9-6-2-3-15(12,13)5-6/h2-3,6-7,9H,4-5H2,1H3,(H,10,11). The number of carboxylic acids is 1. The van der Waals surface area contributed by atoms with Gasteiger partial charge in [-0.15, -0.1) is 0 Å². The molecule has 2 atom stereocenters. The minimum absolute atomic E-state index is 0.000277. The zero-order valence-corrected chi connectivity index (χ0v) is 9.03. The molecule has 6 nitrogen and oxygen atoms in total. The predicted molar refractivity (Wildman–Crippen MR) is 53.2 cm³/mol. The number of methoxy groups -OCH3 is 1. The minimum atomic E-state index is -3.16. The second-order valence-corrected chi connectivity index (χ2v) is 5.21. The van der Waals surface area contributed by atoms with Crippen LogP contribution in [-0.2, 0) is 19.4 Å². The van der Waals surface area contributed by atoms with Gasteiger partial charge in [0.1, 0.15) is 6.04 Å². The Kier molecular flexibility index (Phi) is 3.83. The van der Waals surface area contributed by atoms with Gasteiger partial charge in [0.25, 0.3) is 0 Å². The number of hydrogen-bond acceptors (Lipinski definition) is 5. The first kappa shape index (κ1) is 12.2. The van der Waals surface area contributed by atoms with E-state index in [0.717, 1.165) is 5.41 Å². The van der Waals surface area contributed by atoms with Gasteiger partial charge < -0.3 is 9.84 Å². The molecule has 0 saturated heterocycles. The second-order valence-electron chi connectivity index (χ2n) is 3.28. The summed E-state index contributed by atoms with van der Waals surface area (Å²) in [6.45, 7) is -0.000277. The summed E-state index contributed by atoms with van der Waals surface area (Å²) in [5.74, 6) is -1.16. The van der Waals surface area contributed by atoms with E-state index in [9.17, 15) is 13.2 Å². The fraction of sp³-hybridized carbons (Fsp3) is 0.625. The zero-order valence-electron chi connectivity index (χ0n) is 8.21. The number of ether oxygens (including phenoxy) is 1. The summed E-state index contributed by atoms with van der Waals surface area (Å²) in [6.07, 6.45) is 1.45. The molecule has 0 spiro atoms. The Labute approximate surface area is 87.8 Å². The number of carbonyl (C=O) groups is 1. The van der Waals surface area contributed by atoms with Crippen LogP contribution in [0.4, 0.5) is 0 Å². The third-order valence-corrected chi connectivity index (χ3v) is 3.37. The molecule has 0 aromatic heterocycles. The van der Waals surface area contributed by atoms with Crippen LogP contribution in [0, 0.1) is 0 Å². The highest BCUT2D eigenvalue weighted by Crippen LogP contribution is 2.08. The number of carboxylic acid groups (broad SMARTS) is 1. The third kappa shape index (κ3) is 3.61. The number of sulfone groups is 1. The van der Waals surface area contributed by atoms with Crippen molar-refractivity contribution in [3.63, 3.8) is 0 Å². The summed E-state index contributed by atoms with van der Waals surface area (Å²) in [5, 5.41) is 12.6. The first-order valence-corrected chi connectivity index (χ1v) is 6.05. The molecule has 0 fully saturated rings. The van der Waals surface area contributed by atoms with Gasteiger partial charge in [0, 0.05) is 18.6 Å². The lowest BCUT2D eigenvalue weighted by atomic mass is 10.2. The van der Waals surface area contributed by atoms with Crippen LogP contribution in [-0.4, -0.2) is 51.0 Å². The first-order valence-electron chi connectivity index (χ1n) is 4.33. The van der Waals surface area contributed by atoms with E-state index in [-0.39, 0.29) is 12.4 Å². The molecule has 2 unspecified atom stereocenters.